The fraction of sp³-hybridized carbons (Fsp3) is 0.0667. The Morgan fingerprint density at radius 2 is 2.10 bits per heavy atom. The lowest BCUT2D eigenvalue weighted by Gasteiger charge is -2.01. The highest BCUT2D eigenvalue weighted by atomic mass is 19.1. The summed E-state index contributed by atoms with van der Waals surface area (Å²) >= 11 is 0. The van der Waals surface area contributed by atoms with Gasteiger partial charge in [-0.15, -0.1) is 0 Å². The molecular formula is C15H10FNO4. The normalized spacial score (nSPS) is 10.8. The van der Waals surface area contributed by atoms with E-state index in [2.05, 4.69) is 4.98 Å². The van der Waals surface area contributed by atoms with Gasteiger partial charge in [0.15, 0.2) is 5.58 Å². The van der Waals surface area contributed by atoms with E-state index in [0.29, 0.717) is 11.1 Å². The van der Waals surface area contributed by atoms with Crippen molar-refractivity contribution < 1.29 is 23.4 Å². The molecule has 6 heteroatoms. The van der Waals surface area contributed by atoms with E-state index < -0.39 is 11.8 Å². The second-order valence-electron chi connectivity index (χ2n) is 4.48. The fourth-order valence-corrected chi connectivity index (χ4v) is 1.82. The molecule has 0 atom stereocenters. The number of carbonyl (C=O) groups is 1. The highest BCUT2D eigenvalue weighted by Crippen LogP contribution is 2.27. The Labute approximate surface area is 118 Å². The number of ether oxygens (including phenoxy) is 1. The van der Waals surface area contributed by atoms with E-state index in [-0.39, 0.29) is 23.0 Å². The monoisotopic (exact) mass is 287 g/mol. The second kappa shape index (κ2) is 4.90. The van der Waals surface area contributed by atoms with Crippen LogP contribution in [0.3, 0.4) is 0 Å². The molecule has 3 aromatic rings. The smallest absolute Gasteiger partial charge is 0.400 e. The average molecular weight is 287 g/mol. The van der Waals surface area contributed by atoms with E-state index >= 15 is 0 Å². The third kappa shape index (κ3) is 2.55. The molecular weight excluding hydrogens is 277 g/mol. The van der Waals surface area contributed by atoms with Gasteiger partial charge in [-0.2, -0.15) is 4.98 Å². The summed E-state index contributed by atoms with van der Waals surface area (Å²) in [6, 6.07) is 8.69. The first-order chi connectivity index (χ1) is 10.0. The van der Waals surface area contributed by atoms with Crippen LogP contribution >= 0.6 is 0 Å². The van der Waals surface area contributed by atoms with Crippen LogP contribution in [0.4, 0.5) is 4.39 Å². The van der Waals surface area contributed by atoms with Crippen LogP contribution in [0.15, 0.2) is 40.8 Å². The van der Waals surface area contributed by atoms with E-state index in [4.69, 9.17) is 14.3 Å². The molecule has 1 heterocycles. The number of nitrogens with zero attached hydrogens (tertiary/aromatic N) is 1. The Hall–Kier alpha value is -2.89. The Balaban J connectivity index is 1.93. The maximum Gasteiger partial charge on any atom is 0.400 e. The molecule has 2 aromatic carbocycles. The summed E-state index contributed by atoms with van der Waals surface area (Å²) in [4.78, 5) is 14.9. The number of aromatic carboxylic acids is 1. The lowest BCUT2D eigenvalue weighted by atomic mass is 10.2. The zero-order valence-corrected chi connectivity index (χ0v) is 11.0. The molecule has 0 amide bonds. The highest BCUT2D eigenvalue weighted by molar-refractivity contribution is 5.91. The van der Waals surface area contributed by atoms with Gasteiger partial charge in [0.25, 0.3) is 0 Å². The molecule has 0 saturated carbocycles. The molecule has 0 radical (unpaired) electrons. The maximum atomic E-state index is 13.4. The van der Waals surface area contributed by atoms with Crippen molar-refractivity contribution in [3.05, 3.63) is 53.3 Å². The minimum absolute atomic E-state index is 0.0733. The first-order valence-corrected chi connectivity index (χ1v) is 6.11. The molecule has 106 valence electrons. The molecule has 0 aliphatic rings. The lowest BCUT2D eigenvalue weighted by Crippen LogP contribution is -1.94. The number of carboxylic acid groups (broad SMARTS) is 1. The molecule has 1 aromatic heterocycles. The summed E-state index contributed by atoms with van der Waals surface area (Å²) in [5.41, 5.74) is 1.35. The lowest BCUT2D eigenvalue weighted by molar-refractivity contribution is 0.0697. The Kier molecular flexibility index (Phi) is 3.06. The predicted octanol–water partition coefficient (Wildman–Crippen LogP) is 3.77. The summed E-state index contributed by atoms with van der Waals surface area (Å²) in [5.74, 6) is -1.20. The van der Waals surface area contributed by atoms with Crippen LogP contribution < -0.4 is 4.74 Å². The molecule has 1 N–H and O–H groups in total. The summed E-state index contributed by atoms with van der Waals surface area (Å²) < 4.78 is 24.1. The van der Waals surface area contributed by atoms with Crippen molar-refractivity contribution in [3.63, 3.8) is 0 Å². The summed E-state index contributed by atoms with van der Waals surface area (Å²) in [5, 5.41) is 8.91. The van der Waals surface area contributed by atoms with E-state index in [9.17, 15) is 9.18 Å². The van der Waals surface area contributed by atoms with Gasteiger partial charge in [0.05, 0.1) is 5.56 Å². The van der Waals surface area contributed by atoms with Crippen molar-refractivity contribution in [3.8, 4) is 11.8 Å². The van der Waals surface area contributed by atoms with Crippen LogP contribution in [0, 0.1) is 12.7 Å². The Morgan fingerprint density at radius 1 is 1.29 bits per heavy atom. The first-order valence-electron chi connectivity index (χ1n) is 6.11. The van der Waals surface area contributed by atoms with Gasteiger partial charge in [-0.25, -0.2) is 9.18 Å². The molecule has 0 unspecified atom stereocenters. The minimum Gasteiger partial charge on any atom is -0.478 e. The van der Waals surface area contributed by atoms with Gasteiger partial charge in [-0.05, 0) is 36.8 Å². The van der Waals surface area contributed by atoms with Crippen LogP contribution in [-0.2, 0) is 0 Å². The largest absolute Gasteiger partial charge is 0.478 e. The van der Waals surface area contributed by atoms with Crippen LogP contribution in [0.1, 0.15) is 15.9 Å². The van der Waals surface area contributed by atoms with Gasteiger partial charge in [-0.3, -0.25) is 0 Å². The van der Waals surface area contributed by atoms with Crippen LogP contribution in [0.25, 0.3) is 11.1 Å². The number of halogens is 1. The molecule has 0 saturated heterocycles. The molecule has 0 aliphatic carbocycles. The van der Waals surface area contributed by atoms with Crippen molar-refractivity contribution in [1.82, 2.24) is 4.98 Å². The van der Waals surface area contributed by atoms with Crippen molar-refractivity contribution in [2.45, 2.75) is 6.92 Å². The molecule has 3 rings (SSSR count). The number of hydrogen-bond acceptors (Lipinski definition) is 4. The van der Waals surface area contributed by atoms with Crippen molar-refractivity contribution >= 4 is 17.1 Å². The number of aryl methyl sites for hydroxylation is 1. The fourth-order valence-electron chi connectivity index (χ4n) is 1.82. The molecule has 21 heavy (non-hydrogen) atoms. The number of carboxylic acids is 1. The molecule has 0 bridgehead atoms. The zero-order chi connectivity index (χ0) is 15.0. The van der Waals surface area contributed by atoms with Gasteiger partial charge < -0.3 is 14.3 Å². The first kappa shape index (κ1) is 13.1. The molecule has 0 spiro atoms. The van der Waals surface area contributed by atoms with Crippen LogP contribution in [0.5, 0.6) is 11.8 Å². The number of benzene rings is 2. The van der Waals surface area contributed by atoms with Crippen molar-refractivity contribution in [2.24, 2.45) is 0 Å². The summed E-state index contributed by atoms with van der Waals surface area (Å²) in [6.45, 7) is 1.64. The number of aromatic nitrogens is 1. The zero-order valence-electron chi connectivity index (χ0n) is 11.0. The van der Waals surface area contributed by atoms with Crippen LogP contribution in [0.2, 0.25) is 0 Å². The molecule has 5 nitrogen and oxygen atoms in total. The number of rotatable bonds is 3. The van der Waals surface area contributed by atoms with E-state index in [1.54, 1.807) is 19.1 Å². The van der Waals surface area contributed by atoms with Gasteiger partial charge in [0.2, 0.25) is 0 Å². The van der Waals surface area contributed by atoms with Gasteiger partial charge in [0.1, 0.15) is 17.1 Å². The third-order valence-corrected chi connectivity index (χ3v) is 2.96. The Morgan fingerprint density at radius 3 is 2.81 bits per heavy atom. The number of oxazole rings is 1. The van der Waals surface area contributed by atoms with Gasteiger partial charge in [0, 0.05) is 6.07 Å². The highest BCUT2D eigenvalue weighted by Gasteiger charge is 2.11. The van der Waals surface area contributed by atoms with Crippen molar-refractivity contribution in [2.75, 3.05) is 0 Å². The van der Waals surface area contributed by atoms with Crippen molar-refractivity contribution in [1.29, 1.82) is 0 Å². The SMILES string of the molecule is Cc1ccc(Oc2nc3ccc(C(=O)O)cc3o2)cc1F. The minimum atomic E-state index is -1.06. The summed E-state index contributed by atoms with van der Waals surface area (Å²) in [6.07, 6.45) is -0.0733. The van der Waals surface area contributed by atoms with Crippen LogP contribution in [-0.4, -0.2) is 16.1 Å². The standard InChI is InChI=1S/C15H10FNO4/c1-8-2-4-10(7-11(8)16)20-15-17-12-5-3-9(14(18)19)6-13(12)21-15/h2-7H,1H3,(H,18,19). The maximum absolute atomic E-state index is 13.4. The second-order valence-corrected chi connectivity index (χ2v) is 4.48. The average Bonchev–Trinajstić information content (AvgIpc) is 2.84. The van der Waals surface area contributed by atoms with E-state index in [1.165, 1.54) is 24.3 Å². The third-order valence-electron chi connectivity index (χ3n) is 2.96. The van der Waals surface area contributed by atoms with E-state index in [0.717, 1.165) is 0 Å². The number of fused-ring (bicyclic) bond motifs is 1. The Bertz CT molecular complexity index is 841. The summed E-state index contributed by atoms with van der Waals surface area (Å²) in [7, 11) is 0. The topological polar surface area (TPSA) is 72.6 Å². The number of hydrogen-bond donors (Lipinski definition) is 1. The van der Waals surface area contributed by atoms with Gasteiger partial charge in [-0.1, -0.05) is 6.07 Å². The predicted molar refractivity (Wildman–Crippen MR) is 72.2 cm³/mol. The van der Waals surface area contributed by atoms with E-state index in [1.807, 2.05) is 0 Å². The van der Waals surface area contributed by atoms with Gasteiger partial charge >= 0.3 is 12.0 Å². The quantitative estimate of drug-likeness (QED) is 0.793. The molecule has 0 fully saturated rings. The molecule has 0 aliphatic heterocycles.